The maximum atomic E-state index is 11.8. The van der Waals surface area contributed by atoms with Gasteiger partial charge >= 0.3 is 6.09 Å². The maximum Gasteiger partial charge on any atom is 0.415 e. The fourth-order valence-corrected chi connectivity index (χ4v) is 2.52. The van der Waals surface area contributed by atoms with E-state index in [2.05, 4.69) is 9.98 Å². The number of nitrogens with zero attached hydrogens (tertiary/aromatic N) is 3. The van der Waals surface area contributed by atoms with Gasteiger partial charge in [0.25, 0.3) is 0 Å². The number of aliphatic hydroxyl groups is 2. The fourth-order valence-electron chi connectivity index (χ4n) is 2.52. The van der Waals surface area contributed by atoms with Gasteiger partial charge in [0.15, 0.2) is 0 Å². The van der Waals surface area contributed by atoms with Crippen LogP contribution in [0.4, 0.5) is 4.79 Å². The molecule has 2 rings (SSSR count). The number of ether oxygens (including phenoxy) is 1. The third-order valence-corrected chi connectivity index (χ3v) is 3.51. The lowest BCUT2D eigenvalue weighted by Crippen LogP contribution is -2.51. The zero-order valence-electron chi connectivity index (χ0n) is 11.6. The zero-order valence-corrected chi connectivity index (χ0v) is 11.6. The first kappa shape index (κ1) is 14.7. The second-order valence-electron chi connectivity index (χ2n) is 5.05. The lowest BCUT2D eigenvalue weighted by Gasteiger charge is -2.30. The van der Waals surface area contributed by atoms with E-state index in [1.54, 1.807) is 13.8 Å². The summed E-state index contributed by atoms with van der Waals surface area (Å²) in [6.07, 6.45) is -2.33. The van der Waals surface area contributed by atoms with Gasteiger partial charge < -0.3 is 20.7 Å². The predicted molar refractivity (Wildman–Crippen MR) is 72.7 cm³/mol. The van der Waals surface area contributed by atoms with Crippen LogP contribution in [0.25, 0.3) is 0 Å². The lowest BCUT2D eigenvalue weighted by molar-refractivity contribution is -0.00759. The topological polar surface area (TPSA) is 121 Å². The smallest absolute Gasteiger partial charge is 0.415 e. The number of nitrogens with two attached hydrogens (primary N) is 1. The Morgan fingerprint density at radius 1 is 1.55 bits per heavy atom. The van der Waals surface area contributed by atoms with Gasteiger partial charge in [0.1, 0.15) is 30.6 Å². The summed E-state index contributed by atoms with van der Waals surface area (Å²) in [7, 11) is 0. The molecule has 0 radical (unpaired) electrons. The third-order valence-electron chi connectivity index (χ3n) is 3.51. The number of cyclic esters (lactones) is 1. The van der Waals surface area contributed by atoms with Crippen molar-refractivity contribution in [1.82, 2.24) is 4.90 Å². The molecule has 1 amide bonds. The number of hydrogen-bond acceptors (Lipinski definition) is 6. The molecular formula is C12H20N4O4. The average Bonchev–Trinajstić information content (AvgIpc) is 2.76. The van der Waals surface area contributed by atoms with Crippen LogP contribution in [0.15, 0.2) is 9.98 Å². The Morgan fingerprint density at radius 2 is 2.25 bits per heavy atom. The number of aliphatic hydroxyl groups excluding tert-OH is 2. The average molecular weight is 284 g/mol. The number of rotatable bonds is 1. The highest BCUT2D eigenvalue weighted by Gasteiger charge is 2.45. The summed E-state index contributed by atoms with van der Waals surface area (Å²) in [5.74, 6) is 0.767. The molecule has 2 aliphatic rings. The van der Waals surface area contributed by atoms with Crippen molar-refractivity contribution in [3.05, 3.63) is 0 Å². The first-order valence-electron chi connectivity index (χ1n) is 6.55. The minimum absolute atomic E-state index is 0.0803. The molecule has 1 fully saturated rings. The molecule has 0 aromatic rings. The minimum Gasteiger partial charge on any atom is -0.447 e. The standard InChI is InChI=1S/C12H20N4O4/c1-6(13)15-10-8-5-20-12(19)16(8)7(2)14-4-3-9(17)11(10)18/h8-11,17-18H,3-5H2,1-2H3,(H2,13,15). The monoisotopic (exact) mass is 284 g/mol. The number of carbonyl (C=O) groups is 1. The molecule has 0 spiro atoms. The van der Waals surface area contributed by atoms with Crippen molar-refractivity contribution in [2.75, 3.05) is 13.2 Å². The van der Waals surface area contributed by atoms with E-state index in [0.29, 0.717) is 18.8 Å². The SMILES string of the molecule is CC(N)=NC1C(O)C(O)CCN=C(C)N2C(=O)OCC12. The summed E-state index contributed by atoms with van der Waals surface area (Å²) in [6, 6.07) is -1.27. The zero-order chi connectivity index (χ0) is 14.9. The molecule has 0 aliphatic carbocycles. The number of fused-ring (bicyclic) bond motifs is 1. The molecule has 4 unspecified atom stereocenters. The van der Waals surface area contributed by atoms with Crippen LogP contribution in [0.3, 0.4) is 0 Å². The van der Waals surface area contributed by atoms with E-state index >= 15 is 0 Å². The highest BCUT2D eigenvalue weighted by Crippen LogP contribution is 2.24. The largest absolute Gasteiger partial charge is 0.447 e. The van der Waals surface area contributed by atoms with Gasteiger partial charge in [0, 0.05) is 6.54 Å². The van der Waals surface area contributed by atoms with E-state index in [1.165, 1.54) is 4.90 Å². The molecular weight excluding hydrogens is 264 g/mol. The van der Waals surface area contributed by atoms with Crippen LogP contribution in [-0.4, -0.2) is 70.3 Å². The second kappa shape index (κ2) is 5.76. The van der Waals surface area contributed by atoms with E-state index in [1.807, 2.05) is 0 Å². The Hall–Kier alpha value is -1.67. The van der Waals surface area contributed by atoms with Crippen LogP contribution in [0.2, 0.25) is 0 Å². The molecule has 2 aliphatic heterocycles. The van der Waals surface area contributed by atoms with E-state index in [9.17, 15) is 15.0 Å². The van der Waals surface area contributed by atoms with E-state index in [-0.39, 0.29) is 12.4 Å². The lowest BCUT2D eigenvalue weighted by atomic mass is 9.97. The van der Waals surface area contributed by atoms with Gasteiger partial charge in [0.2, 0.25) is 0 Å². The molecule has 4 N–H and O–H groups in total. The van der Waals surface area contributed by atoms with Crippen LogP contribution in [-0.2, 0) is 4.74 Å². The molecule has 2 heterocycles. The fraction of sp³-hybridized carbons (Fsp3) is 0.750. The van der Waals surface area contributed by atoms with E-state index < -0.39 is 30.4 Å². The van der Waals surface area contributed by atoms with Gasteiger partial charge in [-0.1, -0.05) is 0 Å². The van der Waals surface area contributed by atoms with Crippen LogP contribution in [0.1, 0.15) is 20.3 Å². The van der Waals surface area contributed by atoms with E-state index in [4.69, 9.17) is 10.5 Å². The van der Waals surface area contributed by atoms with Crippen molar-refractivity contribution in [2.45, 2.75) is 44.6 Å². The minimum atomic E-state index is -1.13. The van der Waals surface area contributed by atoms with Gasteiger partial charge in [-0.3, -0.25) is 14.9 Å². The quantitative estimate of drug-likeness (QED) is 0.425. The van der Waals surface area contributed by atoms with Crippen molar-refractivity contribution in [3.8, 4) is 0 Å². The van der Waals surface area contributed by atoms with Gasteiger partial charge in [-0.2, -0.15) is 0 Å². The van der Waals surface area contributed by atoms with Crippen LogP contribution in [0.5, 0.6) is 0 Å². The van der Waals surface area contributed by atoms with Gasteiger partial charge in [-0.25, -0.2) is 4.79 Å². The molecule has 0 aromatic heterocycles. The Morgan fingerprint density at radius 3 is 2.90 bits per heavy atom. The summed E-state index contributed by atoms with van der Waals surface area (Å²) in [5.41, 5.74) is 5.59. The van der Waals surface area contributed by atoms with E-state index in [0.717, 1.165) is 0 Å². The second-order valence-corrected chi connectivity index (χ2v) is 5.05. The Bertz CT molecular complexity index is 447. The van der Waals surface area contributed by atoms with Gasteiger partial charge in [0.05, 0.1) is 11.9 Å². The van der Waals surface area contributed by atoms with Crippen molar-refractivity contribution in [3.63, 3.8) is 0 Å². The van der Waals surface area contributed by atoms with Gasteiger partial charge in [-0.15, -0.1) is 0 Å². The van der Waals surface area contributed by atoms with Crippen LogP contribution < -0.4 is 5.73 Å². The first-order chi connectivity index (χ1) is 9.41. The molecule has 8 nitrogen and oxygen atoms in total. The molecule has 0 bridgehead atoms. The summed E-state index contributed by atoms with van der Waals surface area (Å²) < 4.78 is 5.02. The number of carbonyl (C=O) groups excluding carboxylic acids is 1. The summed E-state index contributed by atoms with van der Waals surface area (Å²) in [4.78, 5) is 21.6. The molecule has 0 aromatic carbocycles. The molecule has 1 saturated heterocycles. The maximum absolute atomic E-state index is 11.8. The number of hydrogen-bond donors (Lipinski definition) is 3. The van der Waals surface area contributed by atoms with Crippen LogP contribution >= 0.6 is 0 Å². The normalized spacial score (nSPS) is 35.6. The van der Waals surface area contributed by atoms with Crippen molar-refractivity contribution >= 4 is 17.8 Å². The summed E-state index contributed by atoms with van der Waals surface area (Å²) in [6.45, 7) is 3.68. The predicted octanol–water partition coefficient (Wildman–Crippen LogP) is -0.903. The Kier molecular flexibility index (Phi) is 4.24. The highest BCUT2D eigenvalue weighted by atomic mass is 16.6. The molecule has 112 valence electrons. The third kappa shape index (κ3) is 2.75. The number of amidine groups is 2. The molecule has 20 heavy (non-hydrogen) atoms. The molecule has 0 saturated carbocycles. The highest BCUT2D eigenvalue weighted by molar-refractivity contribution is 5.95. The Labute approximate surface area is 116 Å². The molecule has 4 atom stereocenters. The van der Waals surface area contributed by atoms with Crippen molar-refractivity contribution in [2.24, 2.45) is 15.7 Å². The summed E-state index contributed by atoms with van der Waals surface area (Å²) >= 11 is 0. The molecule has 8 heteroatoms. The first-order valence-corrected chi connectivity index (χ1v) is 6.55. The summed E-state index contributed by atoms with van der Waals surface area (Å²) in [5, 5.41) is 20.3. The van der Waals surface area contributed by atoms with Crippen molar-refractivity contribution < 1.29 is 19.7 Å². The number of amides is 1. The number of aliphatic imine (C=N–C) groups is 2. The van der Waals surface area contributed by atoms with Crippen LogP contribution in [0, 0.1) is 0 Å². The Balaban J connectivity index is 2.41. The van der Waals surface area contributed by atoms with Gasteiger partial charge in [-0.05, 0) is 20.3 Å². The van der Waals surface area contributed by atoms with Crippen molar-refractivity contribution in [1.29, 1.82) is 0 Å².